The number of aliphatic imine (C=N–C) groups is 1. The van der Waals surface area contributed by atoms with Crippen molar-refractivity contribution < 1.29 is 28.7 Å². The molecular formula is C44H48N8O6. The molecule has 0 unspecified atom stereocenters. The van der Waals surface area contributed by atoms with Gasteiger partial charge in [0.25, 0.3) is 17.7 Å². The third-order valence-electron chi connectivity index (χ3n) is 10.6. The minimum atomic E-state index is -0.340. The lowest BCUT2D eigenvalue weighted by Gasteiger charge is -2.32. The highest BCUT2D eigenvalue weighted by Crippen LogP contribution is 2.39. The fourth-order valence-electron chi connectivity index (χ4n) is 7.32. The maximum atomic E-state index is 13.4. The van der Waals surface area contributed by atoms with Gasteiger partial charge >= 0.3 is 0 Å². The van der Waals surface area contributed by atoms with Crippen molar-refractivity contribution >= 4 is 58.3 Å². The Morgan fingerprint density at radius 2 is 1.50 bits per heavy atom. The van der Waals surface area contributed by atoms with Crippen LogP contribution in [0.15, 0.2) is 90.2 Å². The summed E-state index contributed by atoms with van der Waals surface area (Å²) < 4.78 is 15.4. The van der Waals surface area contributed by atoms with Crippen molar-refractivity contribution in [3.63, 3.8) is 0 Å². The van der Waals surface area contributed by atoms with Crippen molar-refractivity contribution in [1.82, 2.24) is 14.0 Å². The van der Waals surface area contributed by atoms with E-state index in [9.17, 15) is 19.2 Å². The molecule has 0 saturated carbocycles. The third-order valence-corrected chi connectivity index (χ3v) is 10.6. The Kier molecular flexibility index (Phi) is 11.6. The van der Waals surface area contributed by atoms with Gasteiger partial charge in [-0.2, -0.15) is 0 Å². The first-order chi connectivity index (χ1) is 28.0. The highest BCUT2D eigenvalue weighted by atomic mass is 16.5. The number of benzene rings is 3. The lowest BCUT2D eigenvalue weighted by Crippen LogP contribution is -2.43. The topological polar surface area (TPSA) is 174 Å². The van der Waals surface area contributed by atoms with Crippen molar-refractivity contribution in [2.45, 2.75) is 57.6 Å². The third kappa shape index (κ3) is 8.75. The number of anilines is 4. The van der Waals surface area contributed by atoms with Gasteiger partial charge in [0.2, 0.25) is 5.91 Å². The van der Waals surface area contributed by atoms with Crippen molar-refractivity contribution in [2.75, 3.05) is 35.3 Å². The molecule has 5 N–H and O–H groups in total. The highest BCUT2D eigenvalue weighted by Gasteiger charge is 2.31. The number of nitrogen functional groups attached to an aromatic ring is 1. The first-order valence-electron chi connectivity index (χ1n) is 19.4. The van der Waals surface area contributed by atoms with Gasteiger partial charge < -0.3 is 45.2 Å². The van der Waals surface area contributed by atoms with Gasteiger partial charge in [0, 0.05) is 74.4 Å². The van der Waals surface area contributed by atoms with Crippen LogP contribution >= 0.6 is 0 Å². The number of aromatic nitrogens is 2. The molecule has 2 atom stereocenters. The van der Waals surface area contributed by atoms with E-state index in [1.807, 2.05) is 49.5 Å². The average molecular weight is 785 g/mol. The number of amides is 4. The molecule has 4 amide bonds. The van der Waals surface area contributed by atoms with Crippen molar-refractivity contribution in [1.29, 1.82) is 0 Å². The van der Waals surface area contributed by atoms with Crippen LogP contribution in [0.3, 0.4) is 0 Å². The van der Waals surface area contributed by atoms with E-state index in [0.29, 0.717) is 76.3 Å². The lowest BCUT2D eigenvalue weighted by molar-refractivity contribution is -0.116. The van der Waals surface area contributed by atoms with Gasteiger partial charge in [-0.1, -0.05) is 19.1 Å². The van der Waals surface area contributed by atoms with Gasteiger partial charge in [0.1, 0.15) is 11.4 Å². The number of ether oxygens (including phenoxy) is 2. The second kappa shape index (κ2) is 17.1. The molecule has 2 aromatic heterocycles. The number of piperidine rings is 1. The van der Waals surface area contributed by atoms with Crippen LogP contribution in [0.5, 0.6) is 11.5 Å². The summed E-state index contributed by atoms with van der Waals surface area (Å²) in [5, 5.41) is 8.71. The van der Waals surface area contributed by atoms with Crippen LogP contribution in [0, 0.1) is 0 Å². The van der Waals surface area contributed by atoms with E-state index in [4.69, 9.17) is 15.2 Å². The van der Waals surface area contributed by atoms with Crippen LogP contribution in [0.4, 0.5) is 28.4 Å². The Bertz CT molecular complexity index is 2360. The van der Waals surface area contributed by atoms with E-state index in [0.717, 1.165) is 30.4 Å². The molecule has 7 rings (SSSR count). The summed E-state index contributed by atoms with van der Waals surface area (Å²) in [6, 6.07) is 21.2. The number of rotatable bonds is 13. The second-order valence-electron chi connectivity index (χ2n) is 14.7. The van der Waals surface area contributed by atoms with Gasteiger partial charge in [-0.25, -0.2) is 0 Å². The summed E-state index contributed by atoms with van der Waals surface area (Å²) in [5.74, 6) is 0.0465. The number of fused-ring (bicyclic) bond motifs is 2. The molecule has 14 heteroatoms. The Morgan fingerprint density at radius 1 is 0.828 bits per heavy atom. The van der Waals surface area contributed by atoms with E-state index in [1.165, 1.54) is 7.11 Å². The number of carbonyl (C=O) groups is 4. The molecule has 0 bridgehead atoms. The maximum absolute atomic E-state index is 13.4. The van der Waals surface area contributed by atoms with Crippen LogP contribution in [0.1, 0.15) is 76.8 Å². The number of carbonyl (C=O) groups excluding carboxylic acids is 4. The molecule has 4 heterocycles. The molecule has 58 heavy (non-hydrogen) atoms. The lowest BCUT2D eigenvalue weighted by atomic mass is 10.0. The molecule has 1 fully saturated rings. The smallest absolute Gasteiger partial charge is 0.272 e. The van der Waals surface area contributed by atoms with E-state index in [1.54, 1.807) is 77.0 Å². The van der Waals surface area contributed by atoms with Crippen LogP contribution in [-0.2, 0) is 18.9 Å². The summed E-state index contributed by atoms with van der Waals surface area (Å²) in [7, 11) is 5.09. The van der Waals surface area contributed by atoms with Crippen LogP contribution in [-0.4, -0.2) is 69.7 Å². The molecule has 0 spiro atoms. The SMILES string of the molecule is CC[C@@H](CCC(=O)Nc1cc(C(=O)Nc2ccc(-c3cc(C(=O)Nc4ccc(N)cc4)n(C)c3)cc2)n(C)c1)Oc1cc2c(cc1OC)C(=O)N1CCCC[C@H]1C=N2. The molecule has 2 aliphatic rings. The number of nitrogens with two attached hydrogens (primary N) is 1. The molecule has 300 valence electrons. The highest BCUT2D eigenvalue weighted by molar-refractivity contribution is 6.06. The molecule has 2 aliphatic heterocycles. The number of aryl methyl sites for hydroxylation is 2. The number of methoxy groups -OCH3 is 1. The van der Waals surface area contributed by atoms with E-state index in [2.05, 4.69) is 20.9 Å². The first kappa shape index (κ1) is 39.4. The van der Waals surface area contributed by atoms with E-state index >= 15 is 0 Å². The summed E-state index contributed by atoms with van der Waals surface area (Å²) in [6.45, 7) is 2.69. The zero-order valence-electron chi connectivity index (χ0n) is 33.1. The molecule has 3 aromatic carbocycles. The fourth-order valence-corrected chi connectivity index (χ4v) is 7.32. The Hall–Kier alpha value is -6.83. The average Bonchev–Trinajstić information content (AvgIpc) is 3.76. The molecule has 0 radical (unpaired) electrons. The number of hydrogen-bond acceptors (Lipinski definition) is 8. The standard InChI is InChI=1S/C44H48N8O6/c1-5-34(58-40-23-36-35(22-39(40)57-4)44(56)52-19-7-6-8-33(52)24-46-36)17-18-41(53)47-32-21-38(51(3)26-32)43(55)48-30-13-9-27(10-14-30)28-20-37(50(2)25-28)42(54)49-31-15-11-29(45)12-16-31/h9-16,20-26,33-34H,5-8,17-19,45H2,1-4H3,(H,47,53)(H,48,55)(H,49,54)/t33-,34-/m0/s1. The minimum Gasteiger partial charge on any atom is -0.493 e. The Labute approximate surface area is 337 Å². The van der Waals surface area contributed by atoms with Crippen LogP contribution < -0.4 is 31.2 Å². The molecule has 0 aliphatic carbocycles. The van der Waals surface area contributed by atoms with Gasteiger partial charge in [0.15, 0.2) is 11.5 Å². The molecule has 14 nitrogen and oxygen atoms in total. The van der Waals surface area contributed by atoms with Crippen LogP contribution in [0.25, 0.3) is 11.1 Å². The van der Waals surface area contributed by atoms with E-state index < -0.39 is 0 Å². The molecule has 1 saturated heterocycles. The minimum absolute atomic E-state index is 0.0137. The summed E-state index contributed by atoms with van der Waals surface area (Å²) in [5.41, 5.74) is 11.7. The predicted octanol–water partition coefficient (Wildman–Crippen LogP) is 7.41. The number of nitrogens with zero attached hydrogens (tertiary/aromatic N) is 4. The summed E-state index contributed by atoms with van der Waals surface area (Å²) >= 11 is 0. The van der Waals surface area contributed by atoms with Crippen molar-refractivity contribution in [3.05, 3.63) is 102 Å². The molecular weight excluding hydrogens is 737 g/mol. The summed E-state index contributed by atoms with van der Waals surface area (Å²) in [6.07, 6.45) is 9.29. The second-order valence-corrected chi connectivity index (χ2v) is 14.7. The number of hydrogen-bond donors (Lipinski definition) is 4. The van der Waals surface area contributed by atoms with Gasteiger partial charge in [-0.3, -0.25) is 24.2 Å². The first-order valence-corrected chi connectivity index (χ1v) is 19.4. The maximum Gasteiger partial charge on any atom is 0.272 e. The molecule has 5 aromatic rings. The van der Waals surface area contributed by atoms with Crippen molar-refractivity contribution in [2.24, 2.45) is 19.1 Å². The van der Waals surface area contributed by atoms with Gasteiger partial charge in [-0.15, -0.1) is 0 Å². The van der Waals surface area contributed by atoms with Gasteiger partial charge in [-0.05, 0) is 92.3 Å². The van der Waals surface area contributed by atoms with Crippen LogP contribution in [0.2, 0.25) is 0 Å². The quantitative estimate of drug-likeness (QED) is 0.0900. The Morgan fingerprint density at radius 3 is 2.19 bits per heavy atom. The number of nitrogens with one attached hydrogen (secondary N) is 3. The monoisotopic (exact) mass is 784 g/mol. The van der Waals surface area contributed by atoms with E-state index in [-0.39, 0.29) is 42.2 Å². The Balaban J connectivity index is 0.927. The fraction of sp³-hybridized carbons (Fsp3) is 0.295. The van der Waals surface area contributed by atoms with Crippen molar-refractivity contribution in [3.8, 4) is 22.6 Å². The normalized spacial score (nSPS) is 15.1. The van der Waals surface area contributed by atoms with Gasteiger partial charge in [0.05, 0.1) is 36.2 Å². The summed E-state index contributed by atoms with van der Waals surface area (Å²) in [4.78, 5) is 59.3. The zero-order chi connectivity index (χ0) is 40.9. The predicted molar refractivity (Wildman–Crippen MR) is 225 cm³/mol. The zero-order valence-corrected chi connectivity index (χ0v) is 33.1. The largest absolute Gasteiger partial charge is 0.493 e.